The fraction of sp³-hybridized carbons (Fsp3) is 0.250. The van der Waals surface area contributed by atoms with Gasteiger partial charge in [0.15, 0.2) is 15.6 Å². The van der Waals surface area contributed by atoms with E-state index in [4.69, 9.17) is 0 Å². The van der Waals surface area contributed by atoms with Crippen LogP contribution in [0.4, 0.5) is 5.00 Å². The lowest BCUT2D eigenvalue weighted by Crippen LogP contribution is -2.38. The van der Waals surface area contributed by atoms with Gasteiger partial charge in [0.25, 0.3) is 5.91 Å². The van der Waals surface area contributed by atoms with Crippen molar-refractivity contribution in [2.75, 3.05) is 17.2 Å². The summed E-state index contributed by atoms with van der Waals surface area (Å²) < 4.78 is 24.1. The van der Waals surface area contributed by atoms with Crippen molar-refractivity contribution in [3.63, 3.8) is 0 Å². The maximum absolute atomic E-state index is 12.8. The molecule has 0 saturated carbocycles. The number of benzene rings is 1. The summed E-state index contributed by atoms with van der Waals surface area (Å²) in [6.45, 7) is 0.157. The number of aryl methyl sites for hydroxylation is 1. The Balaban J connectivity index is 1.73. The van der Waals surface area contributed by atoms with Gasteiger partial charge in [-0.05, 0) is 35.6 Å². The molecule has 2 aromatic rings. The number of sulfone groups is 1. The highest BCUT2D eigenvalue weighted by Crippen LogP contribution is 2.36. The Bertz CT molecular complexity index is 943. The number of carbonyl (C=O) groups is 2. The number of hydrogen-bond acceptors (Lipinski definition) is 5. The van der Waals surface area contributed by atoms with Crippen LogP contribution in [0.2, 0.25) is 0 Å². The molecule has 4 rings (SSSR count). The number of hydrogen-bond donors (Lipinski definition) is 0. The van der Waals surface area contributed by atoms with Gasteiger partial charge in [0.1, 0.15) is 9.90 Å². The molecule has 0 N–H and O–H groups in total. The van der Waals surface area contributed by atoms with E-state index < -0.39 is 9.84 Å². The number of ketones is 1. The van der Waals surface area contributed by atoms with Gasteiger partial charge in [-0.1, -0.05) is 6.07 Å². The van der Waals surface area contributed by atoms with Gasteiger partial charge in [-0.2, -0.15) is 0 Å². The zero-order valence-corrected chi connectivity index (χ0v) is 13.7. The molecule has 7 heteroatoms. The van der Waals surface area contributed by atoms with E-state index in [1.807, 2.05) is 0 Å². The van der Waals surface area contributed by atoms with Gasteiger partial charge < -0.3 is 0 Å². The zero-order valence-electron chi connectivity index (χ0n) is 12.1. The number of rotatable bonds is 1. The zero-order chi connectivity index (χ0) is 16.2. The van der Waals surface area contributed by atoms with Crippen molar-refractivity contribution < 1.29 is 18.0 Å². The van der Waals surface area contributed by atoms with Gasteiger partial charge >= 0.3 is 0 Å². The van der Waals surface area contributed by atoms with Crippen molar-refractivity contribution >= 4 is 37.9 Å². The molecule has 1 aromatic carbocycles. The average Bonchev–Trinajstić information content (AvgIpc) is 3.15. The second-order valence-corrected chi connectivity index (χ2v) is 8.63. The molecule has 2 aliphatic rings. The van der Waals surface area contributed by atoms with Crippen LogP contribution >= 0.6 is 11.3 Å². The normalized spacial score (nSPS) is 18.6. The van der Waals surface area contributed by atoms with Gasteiger partial charge in [-0.25, -0.2) is 8.42 Å². The van der Waals surface area contributed by atoms with E-state index in [0.717, 1.165) is 5.56 Å². The molecule has 1 aliphatic heterocycles. The van der Waals surface area contributed by atoms with Gasteiger partial charge in [0.05, 0.1) is 5.75 Å². The smallest absolute Gasteiger partial charge is 0.258 e. The Hall–Kier alpha value is -1.99. The van der Waals surface area contributed by atoms with Crippen LogP contribution in [0.1, 0.15) is 32.7 Å². The van der Waals surface area contributed by atoms with Crippen LogP contribution in [0.25, 0.3) is 0 Å². The summed E-state index contributed by atoms with van der Waals surface area (Å²) in [5.41, 5.74) is 2.09. The lowest BCUT2D eigenvalue weighted by atomic mass is 10.1. The molecule has 118 valence electrons. The fourth-order valence-corrected chi connectivity index (χ4v) is 5.81. The molecule has 0 bridgehead atoms. The Labute approximate surface area is 137 Å². The van der Waals surface area contributed by atoms with Gasteiger partial charge in [-0.15, -0.1) is 11.3 Å². The molecule has 1 aliphatic carbocycles. The second-order valence-electron chi connectivity index (χ2n) is 5.66. The molecule has 0 radical (unpaired) electrons. The molecule has 0 saturated heterocycles. The number of fused-ring (bicyclic) bond motifs is 2. The summed E-state index contributed by atoms with van der Waals surface area (Å²) in [7, 11) is -3.29. The minimum Gasteiger partial charge on any atom is -0.298 e. The summed E-state index contributed by atoms with van der Waals surface area (Å²) in [6.07, 6.45) is 1.15. The molecule has 1 aromatic heterocycles. The Morgan fingerprint density at radius 3 is 2.83 bits per heavy atom. The van der Waals surface area contributed by atoms with Gasteiger partial charge in [0, 0.05) is 24.1 Å². The number of amides is 1. The van der Waals surface area contributed by atoms with Crippen molar-refractivity contribution in [3.8, 4) is 0 Å². The predicted molar refractivity (Wildman–Crippen MR) is 87.1 cm³/mol. The highest BCUT2D eigenvalue weighted by atomic mass is 32.2. The fourth-order valence-electron chi connectivity index (χ4n) is 3.08. The number of Topliss-reactive ketones (excluding diaryl/α,β-unsaturated/α-hetero) is 1. The third-order valence-corrected chi connectivity index (χ3v) is 7.08. The number of thiophene rings is 1. The van der Waals surface area contributed by atoms with Crippen LogP contribution in [-0.2, 0) is 16.3 Å². The molecule has 0 spiro atoms. The molecule has 1 amide bonds. The Morgan fingerprint density at radius 1 is 1.17 bits per heavy atom. The van der Waals surface area contributed by atoms with E-state index in [0.29, 0.717) is 29.0 Å². The molecular formula is C16H13NO4S2. The van der Waals surface area contributed by atoms with Gasteiger partial charge in [0.2, 0.25) is 0 Å². The standard InChI is InChI=1S/C16H13NO4S2/c18-13-4-2-10-9-11(1-3-12(10)13)15(19)17-6-8-23(20,21)14-5-7-22-16(14)17/h1,3,5,7,9H,2,4,6,8H2. The SMILES string of the molecule is O=C1CCc2cc(C(=O)N3CCS(=O)(=O)c4ccsc43)ccc21. The van der Waals surface area contributed by atoms with Crippen LogP contribution in [0.15, 0.2) is 34.5 Å². The largest absolute Gasteiger partial charge is 0.298 e. The summed E-state index contributed by atoms with van der Waals surface area (Å²) >= 11 is 1.26. The number of nitrogens with zero attached hydrogens (tertiary/aromatic N) is 1. The van der Waals surface area contributed by atoms with Crippen LogP contribution in [0, 0.1) is 0 Å². The first-order valence-corrected chi connectivity index (χ1v) is 9.79. The maximum atomic E-state index is 12.8. The van der Waals surface area contributed by atoms with Crippen LogP contribution in [-0.4, -0.2) is 32.4 Å². The summed E-state index contributed by atoms with van der Waals surface area (Å²) in [6, 6.07) is 6.67. The molecule has 0 atom stereocenters. The molecule has 23 heavy (non-hydrogen) atoms. The summed E-state index contributed by atoms with van der Waals surface area (Å²) in [4.78, 5) is 26.3. The summed E-state index contributed by atoms with van der Waals surface area (Å²) in [5, 5.41) is 2.17. The lowest BCUT2D eigenvalue weighted by Gasteiger charge is -2.26. The monoisotopic (exact) mass is 347 g/mol. The quantitative estimate of drug-likeness (QED) is 0.794. The Morgan fingerprint density at radius 2 is 2.00 bits per heavy atom. The van der Waals surface area contributed by atoms with E-state index in [1.165, 1.54) is 16.2 Å². The van der Waals surface area contributed by atoms with E-state index in [9.17, 15) is 18.0 Å². The first-order chi connectivity index (χ1) is 11.0. The second kappa shape index (κ2) is 5.01. The van der Waals surface area contributed by atoms with E-state index in [-0.39, 0.29) is 28.9 Å². The van der Waals surface area contributed by atoms with E-state index >= 15 is 0 Å². The highest BCUT2D eigenvalue weighted by molar-refractivity contribution is 7.91. The highest BCUT2D eigenvalue weighted by Gasteiger charge is 2.33. The molecule has 2 heterocycles. The van der Waals surface area contributed by atoms with E-state index in [2.05, 4.69) is 0 Å². The Kier molecular flexibility index (Phi) is 3.18. The van der Waals surface area contributed by atoms with Crippen molar-refractivity contribution in [2.45, 2.75) is 17.7 Å². The van der Waals surface area contributed by atoms with Crippen molar-refractivity contribution in [1.82, 2.24) is 0 Å². The first kappa shape index (κ1) is 14.6. The molecular weight excluding hydrogens is 334 g/mol. The van der Waals surface area contributed by atoms with E-state index in [1.54, 1.807) is 29.6 Å². The first-order valence-electron chi connectivity index (χ1n) is 7.25. The average molecular weight is 347 g/mol. The lowest BCUT2D eigenvalue weighted by molar-refractivity contribution is 0.0981. The number of anilines is 1. The predicted octanol–water partition coefficient (Wildman–Crippen LogP) is 2.31. The molecule has 0 fully saturated rings. The minimum absolute atomic E-state index is 0.0636. The molecule has 5 nitrogen and oxygen atoms in total. The van der Waals surface area contributed by atoms with Gasteiger partial charge in [-0.3, -0.25) is 14.5 Å². The van der Waals surface area contributed by atoms with Crippen molar-refractivity contribution in [2.24, 2.45) is 0 Å². The van der Waals surface area contributed by atoms with Crippen LogP contribution < -0.4 is 4.90 Å². The maximum Gasteiger partial charge on any atom is 0.258 e. The number of carbonyl (C=O) groups excluding carboxylic acids is 2. The topological polar surface area (TPSA) is 71.5 Å². The third kappa shape index (κ3) is 2.22. The van der Waals surface area contributed by atoms with Crippen LogP contribution in [0.3, 0.4) is 0 Å². The summed E-state index contributed by atoms with van der Waals surface area (Å²) in [5.74, 6) is -0.166. The van der Waals surface area contributed by atoms with Crippen LogP contribution in [0.5, 0.6) is 0 Å². The van der Waals surface area contributed by atoms with Crippen molar-refractivity contribution in [1.29, 1.82) is 0 Å². The third-order valence-electron chi connectivity index (χ3n) is 4.29. The van der Waals surface area contributed by atoms with Crippen molar-refractivity contribution in [3.05, 3.63) is 46.3 Å². The molecule has 0 unspecified atom stereocenters. The minimum atomic E-state index is -3.29.